The Bertz CT molecular complexity index is 741. The van der Waals surface area contributed by atoms with Crippen LogP contribution in [0.3, 0.4) is 0 Å². The van der Waals surface area contributed by atoms with Gasteiger partial charge >= 0.3 is 0 Å². The van der Waals surface area contributed by atoms with Gasteiger partial charge in [-0.15, -0.1) is 0 Å². The standard InChI is InChI=1S/C18H26N2O4S/c1-14-6-7-16(25(22,23)20-8-4-3-5-15(20)2)13-17(14)18(21)19-9-11-24-12-10-19/h6-7,13,15H,3-5,8-12H2,1-2H3. The molecule has 2 saturated heterocycles. The summed E-state index contributed by atoms with van der Waals surface area (Å²) < 4.78 is 32.9. The molecule has 2 aliphatic heterocycles. The van der Waals surface area contributed by atoms with E-state index in [0.717, 1.165) is 24.8 Å². The van der Waals surface area contributed by atoms with Gasteiger partial charge in [-0.25, -0.2) is 8.42 Å². The van der Waals surface area contributed by atoms with Gasteiger partial charge in [-0.05, 0) is 44.4 Å². The van der Waals surface area contributed by atoms with Gasteiger partial charge in [0.1, 0.15) is 0 Å². The molecule has 1 amide bonds. The van der Waals surface area contributed by atoms with Crippen molar-refractivity contribution in [1.29, 1.82) is 0 Å². The van der Waals surface area contributed by atoms with Gasteiger partial charge in [0.2, 0.25) is 10.0 Å². The van der Waals surface area contributed by atoms with Gasteiger partial charge in [0.05, 0.1) is 18.1 Å². The van der Waals surface area contributed by atoms with E-state index >= 15 is 0 Å². The number of nitrogens with zero attached hydrogens (tertiary/aromatic N) is 2. The van der Waals surface area contributed by atoms with Crippen LogP contribution < -0.4 is 0 Å². The van der Waals surface area contributed by atoms with Crippen molar-refractivity contribution < 1.29 is 17.9 Å². The van der Waals surface area contributed by atoms with E-state index in [-0.39, 0.29) is 16.8 Å². The Labute approximate surface area is 149 Å². The Morgan fingerprint density at radius 2 is 1.88 bits per heavy atom. The summed E-state index contributed by atoms with van der Waals surface area (Å²) in [6, 6.07) is 4.89. The molecule has 0 aliphatic carbocycles. The molecule has 1 aromatic carbocycles. The van der Waals surface area contributed by atoms with Gasteiger partial charge in [-0.1, -0.05) is 12.5 Å². The first-order valence-electron chi connectivity index (χ1n) is 8.91. The first-order chi connectivity index (χ1) is 11.9. The lowest BCUT2D eigenvalue weighted by Crippen LogP contribution is -2.42. The minimum atomic E-state index is -3.58. The summed E-state index contributed by atoms with van der Waals surface area (Å²) in [5.74, 6) is -0.121. The average Bonchev–Trinajstić information content (AvgIpc) is 2.62. The number of morpholine rings is 1. The van der Waals surface area contributed by atoms with Crippen molar-refractivity contribution in [2.24, 2.45) is 0 Å². The molecular formula is C18H26N2O4S. The van der Waals surface area contributed by atoms with Crippen molar-refractivity contribution in [2.75, 3.05) is 32.8 Å². The zero-order chi connectivity index (χ0) is 18.0. The molecule has 7 heteroatoms. The maximum Gasteiger partial charge on any atom is 0.254 e. The van der Waals surface area contributed by atoms with Gasteiger partial charge in [-0.3, -0.25) is 4.79 Å². The first-order valence-corrected chi connectivity index (χ1v) is 10.3. The molecule has 3 rings (SSSR count). The zero-order valence-electron chi connectivity index (χ0n) is 14.9. The van der Waals surface area contributed by atoms with Crippen LogP contribution in [0.15, 0.2) is 23.1 Å². The van der Waals surface area contributed by atoms with Gasteiger partial charge < -0.3 is 9.64 Å². The summed E-state index contributed by atoms with van der Waals surface area (Å²) in [6.07, 6.45) is 2.82. The maximum atomic E-state index is 13.0. The van der Waals surface area contributed by atoms with Gasteiger partial charge in [0.25, 0.3) is 5.91 Å². The van der Waals surface area contributed by atoms with Gasteiger partial charge in [0, 0.05) is 31.2 Å². The molecule has 0 bridgehead atoms. The number of aryl methyl sites for hydroxylation is 1. The molecule has 25 heavy (non-hydrogen) atoms. The molecule has 2 heterocycles. The molecule has 0 N–H and O–H groups in total. The quantitative estimate of drug-likeness (QED) is 0.821. The van der Waals surface area contributed by atoms with Crippen molar-refractivity contribution in [3.63, 3.8) is 0 Å². The van der Waals surface area contributed by atoms with E-state index in [0.29, 0.717) is 38.4 Å². The maximum absolute atomic E-state index is 13.0. The predicted molar refractivity (Wildman–Crippen MR) is 95.1 cm³/mol. The van der Waals surface area contributed by atoms with Crippen LogP contribution >= 0.6 is 0 Å². The number of carbonyl (C=O) groups excluding carboxylic acids is 1. The number of hydrogen-bond donors (Lipinski definition) is 0. The fourth-order valence-electron chi connectivity index (χ4n) is 3.49. The lowest BCUT2D eigenvalue weighted by Gasteiger charge is -2.32. The zero-order valence-corrected chi connectivity index (χ0v) is 15.7. The molecular weight excluding hydrogens is 340 g/mol. The van der Waals surface area contributed by atoms with Crippen LogP contribution in [0, 0.1) is 6.92 Å². The van der Waals surface area contributed by atoms with Crippen molar-refractivity contribution in [3.8, 4) is 0 Å². The molecule has 0 aromatic heterocycles. The highest BCUT2D eigenvalue weighted by molar-refractivity contribution is 7.89. The van der Waals surface area contributed by atoms with E-state index in [2.05, 4.69) is 0 Å². The molecule has 1 unspecified atom stereocenters. The van der Waals surface area contributed by atoms with Crippen LogP contribution in [-0.4, -0.2) is 62.4 Å². The Hall–Kier alpha value is -1.44. The summed E-state index contributed by atoms with van der Waals surface area (Å²) in [5.41, 5.74) is 1.26. The summed E-state index contributed by atoms with van der Waals surface area (Å²) in [5, 5.41) is 0. The average molecular weight is 366 g/mol. The largest absolute Gasteiger partial charge is 0.378 e. The summed E-state index contributed by atoms with van der Waals surface area (Å²) in [4.78, 5) is 14.7. The summed E-state index contributed by atoms with van der Waals surface area (Å²) in [7, 11) is -3.58. The molecule has 0 spiro atoms. The molecule has 1 atom stereocenters. The highest BCUT2D eigenvalue weighted by Gasteiger charge is 2.32. The number of rotatable bonds is 3. The number of piperidine rings is 1. The highest BCUT2D eigenvalue weighted by Crippen LogP contribution is 2.27. The molecule has 0 saturated carbocycles. The van der Waals surface area contributed by atoms with E-state index in [1.54, 1.807) is 27.4 Å². The van der Waals surface area contributed by atoms with Gasteiger partial charge in [-0.2, -0.15) is 4.31 Å². The molecule has 0 radical (unpaired) electrons. The first kappa shape index (κ1) is 18.4. The van der Waals surface area contributed by atoms with E-state index in [4.69, 9.17) is 4.74 Å². The SMILES string of the molecule is Cc1ccc(S(=O)(=O)N2CCCCC2C)cc1C(=O)N1CCOCC1. The minimum absolute atomic E-state index is 0.00144. The second-order valence-corrected chi connectivity index (χ2v) is 8.73. The monoisotopic (exact) mass is 366 g/mol. The number of sulfonamides is 1. The lowest BCUT2D eigenvalue weighted by atomic mass is 10.1. The number of amides is 1. The minimum Gasteiger partial charge on any atom is -0.378 e. The number of ether oxygens (including phenoxy) is 1. The fraction of sp³-hybridized carbons (Fsp3) is 0.611. The van der Waals surface area contributed by atoms with Crippen molar-refractivity contribution >= 4 is 15.9 Å². The number of hydrogen-bond acceptors (Lipinski definition) is 4. The Kier molecular flexibility index (Phi) is 5.46. The van der Waals surface area contributed by atoms with E-state index in [9.17, 15) is 13.2 Å². The Balaban J connectivity index is 1.91. The van der Waals surface area contributed by atoms with Gasteiger partial charge in [0.15, 0.2) is 0 Å². The van der Waals surface area contributed by atoms with Crippen molar-refractivity contribution in [1.82, 2.24) is 9.21 Å². The third-order valence-electron chi connectivity index (χ3n) is 5.09. The van der Waals surface area contributed by atoms with Crippen LogP contribution in [0.1, 0.15) is 42.1 Å². The Morgan fingerprint density at radius 3 is 2.56 bits per heavy atom. The van der Waals surface area contributed by atoms with Crippen LogP contribution in [0.5, 0.6) is 0 Å². The smallest absolute Gasteiger partial charge is 0.254 e. The van der Waals surface area contributed by atoms with Crippen LogP contribution in [0.25, 0.3) is 0 Å². The van der Waals surface area contributed by atoms with E-state index < -0.39 is 10.0 Å². The molecule has 2 aliphatic rings. The second-order valence-electron chi connectivity index (χ2n) is 6.84. The van der Waals surface area contributed by atoms with Crippen LogP contribution in [0.2, 0.25) is 0 Å². The third kappa shape index (κ3) is 3.73. The second kappa shape index (κ2) is 7.43. The molecule has 6 nitrogen and oxygen atoms in total. The third-order valence-corrected chi connectivity index (χ3v) is 7.10. The van der Waals surface area contributed by atoms with E-state index in [1.165, 1.54) is 0 Å². The van der Waals surface area contributed by atoms with Crippen molar-refractivity contribution in [2.45, 2.75) is 44.0 Å². The molecule has 138 valence electrons. The van der Waals surface area contributed by atoms with Crippen LogP contribution in [-0.2, 0) is 14.8 Å². The normalized spacial score (nSPS) is 22.8. The predicted octanol–water partition coefficient (Wildman–Crippen LogP) is 2.03. The van der Waals surface area contributed by atoms with Crippen LogP contribution in [0.4, 0.5) is 0 Å². The highest BCUT2D eigenvalue weighted by atomic mass is 32.2. The Morgan fingerprint density at radius 1 is 1.16 bits per heavy atom. The summed E-state index contributed by atoms with van der Waals surface area (Å²) in [6.45, 7) is 6.46. The summed E-state index contributed by atoms with van der Waals surface area (Å²) >= 11 is 0. The molecule has 2 fully saturated rings. The number of benzene rings is 1. The van der Waals surface area contributed by atoms with Crippen molar-refractivity contribution in [3.05, 3.63) is 29.3 Å². The fourth-order valence-corrected chi connectivity index (χ4v) is 5.22. The van der Waals surface area contributed by atoms with E-state index in [1.807, 2.05) is 13.8 Å². The topological polar surface area (TPSA) is 66.9 Å². The molecule has 1 aromatic rings. The lowest BCUT2D eigenvalue weighted by molar-refractivity contribution is 0.0302. The number of carbonyl (C=O) groups is 1.